The zero-order chi connectivity index (χ0) is 13.4. The molecule has 18 heavy (non-hydrogen) atoms. The number of nitrogens with zero attached hydrogens (tertiary/aromatic N) is 1. The summed E-state index contributed by atoms with van der Waals surface area (Å²) in [7, 11) is 2.11. The van der Waals surface area contributed by atoms with E-state index >= 15 is 0 Å². The summed E-state index contributed by atoms with van der Waals surface area (Å²) >= 11 is 0. The summed E-state index contributed by atoms with van der Waals surface area (Å²) in [5.41, 5.74) is 2.14. The fourth-order valence-corrected chi connectivity index (χ4v) is 1.78. The van der Waals surface area contributed by atoms with Crippen LogP contribution in [-0.2, 0) is 11.3 Å². The van der Waals surface area contributed by atoms with Gasteiger partial charge in [-0.05, 0) is 37.2 Å². The summed E-state index contributed by atoms with van der Waals surface area (Å²) in [6, 6.07) is 7.97. The maximum atomic E-state index is 10.5. The smallest absolute Gasteiger partial charge is 0.328 e. The molecule has 1 rings (SSSR count). The van der Waals surface area contributed by atoms with Gasteiger partial charge in [0.25, 0.3) is 0 Å². The lowest BCUT2D eigenvalue weighted by molar-refractivity contribution is -0.131. The number of hydrogen-bond donors (Lipinski definition) is 1. The lowest BCUT2D eigenvalue weighted by Crippen LogP contribution is -2.18. The Hall–Kier alpha value is -1.61. The molecule has 98 valence electrons. The first kappa shape index (κ1) is 14.5. The molecule has 0 aromatic heterocycles. The van der Waals surface area contributed by atoms with Crippen LogP contribution < -0.4 is 0 Å². The average molecular weight is 247 g/mol. The molecule has 0 saturated heterocycles. The second kappa shape index (κ2) is 7.67. The normalized spacial score (nSPS) is 11.3. The van der Waals surface area contributed by atoms with Gasteiger partial charge in [-0.3, -0.25) is 0 Å². The van der Waals surface area contributed by atoms with Crippen molar-refractivity contribution in [3.05, 3.63) is 41.5 Å². The third-order valence-electron chi connectivity index (χ3n) is 2.72. The van der Waals surface area contributed by atoms with Crippen molar-refractivity contribution in [3.8, 4) is 0 Å². The number of hydrogen-bond acceptors (Lipinski definition) is 2. The Morgan fingerprint density at radius 3 is 2.89 bits per heavy atom. The fraction of sp³-hybridized carbons (Fsp3) is 0.400. The van der Waals surface area contributed by atoms with Crippen molar-refractivity contribution >= 4 is 12.0 Å². The predicted molar refractivity (Wildman–Crippen MR) is 74.4 cm³/mol. The van der Waals surface area contributed by atoms with Crippen LogP contribution >= 0.6 is 0 Å². The third kappa shape index (κ3) is 5.64. The van der Waals surface area contributed by atoms with Crippen molar-refractivity contribution in [3.63, 3.8) is 0 Å². The summed E-state index contributed by atoms with van der Waals surface area (Å²) in [4.78, 5) is 12.7. The van der Waals surface area contributed by atoms with E-state index in [-0.39, 0.29) is 0 Å². The zero-order valence-corrected chi connectivity index (χ0v) is 11.1. The summed E-state index contributed by atoms with van der Waals surface area (Å²) in [5.74, 6) is -0.916. The molecule has 1 N–H and O–H groups in total. The van der Waals surface area contributed by atoms with Crippen molar-refractivity contribution in [2.75, 3.05) is 13.6 Å². The van der Waals surface area contributed by atoms with E-state index in [1.54, 1.807) is 6.08 Å². The molecule has 0 fully saturated rings. The number of rotatable bonds is 7. The van der Waals surface area contributed by atoms with E-state index in [4.69, 9.17) is 5.11 Å². The molecule has 3 heteroatoms. The predicted octanol–water partition coefficient (Wildman–Crippen LogP) is 3.02. The minimum Gasteiger partial charge on any atom is -0.478 e. The van der Waals surface area contributed by atoms with Gasteiger partial charge in [0.1, 0.15) is 0 Å². The number of unbranched alkanes of at least 4 members (excludes halogenated alkanes) is 1. The van der Waals surface area contributed by atoms with Crippen molar-refractivity contribution in [1.82, 2.24) is 4.90 Å². The molecule has 3 nitrogen and oxygen atoms in total. The number of benzene rings is 1. The first-order valence-corrected chi connectivity index (χ1v) is 6.30. The molecule has 0 amide bonds. The van der Waals surface area contributed by atoms with Crippen molar-refractivity contribution in [1.29, 1.82) is 0 Å². The van der Waals surface area contributed by atoms with Gasteiger partial charge in [-0.1, -0.05) is 37.6 Å². The molecule has 0 atom stereocenters. The molecule has 0 bridgehead atoms. The van der Waals surface area contributed by atoms with Gasteiger partial charge in [0.15, 0.2) is 0 Å². The topological polar surface area (TPSA) is 40.5 Å². The molecule has 1 aromatic carbocycles. The average Bonchev–Trinajstić information content (AvgIpc) is 2.34. The minimum absolute atomic E-state index is 0.898. The van der Waals surface area contributed by atoms with Gasteiger partial charge in [-0.2, -0.15) is 0 Å². The van der Waals surface area contributed by atoms with E-state index in [9.17, 15) is 4.79 Å². The second-order valence-corrected chi connectivity index (χ2v) is 4.51. The van der Waals surface area contributed by atoms with Crippen LogP contribution in [0.15, 0.2) is 30.3 Å². The first-order chi connectivity index (χ1) is 8.61. The number of aliphatic carboxylic acids is 1. The zero-order valence-electron chi connectivity index (χ0n) is 11.1. The maximum Gasteiger partial charge on any atom is 0.328 e. The highest BCUT2D eigenvalue weighted by Gasteiger charge is 2.00. The van der Waals surface area contributed by atoms with Crippen LogP contribution in [0.4, 0.5) is 0 Å². The number of carbonyl (C=O) groups is 1. The molecule has 0 aliphatic heterocycles. The Balaban J connectivity index is 2.61. The van der Waals surface area contributed by atoms with E-state index in [1.807, 2.05) is 18.2 Å². The van der Waals surface area contributed by atoms with E-state index in [2.05, 4.69) is 24.9 Å². The standard InChI is InChI=1S/C15H21NO2/c1-3-4-10-16(2)12-14-7-5-6-13(11-14)8-9-15(17)18/h5-9,11H,3-4,10,12H2,1-2H3,(H,17,18)/b9-8+. The Morgan fingerprint density at radius 2 is 2.22 bits per heavy atom. The summed E-state index contributed by atoms with van der Waals surface area (Å²) in [6.07, 6.45) is 5.19. The van der Waals surface area contributed by atoms with Crippen LogP contribution in [0.2, 0.25) is 0 Å². The van der Waals surface area contributed by atoms with Crippen molar-refractivity contribution in [2.45, 2.75) is 26.3 Å². The van der Waals surface area contributed by atoms with Crippen LogP contribution in [-0.4, -0.2) is 29.6 Å². The van der Waals surface area contributed by atoms with Crippen LogP contribution in [0.3, 0.4) is 0 Å². The van der Waals surface area contributed by atoms with Gasteiger partial charge in [0.2, 0.25) is 0 Å². The fourth-order valence-electron chi connectivity index (χ4n) is 1.78. The Kier molecular flexibility index (Phi) is 6.15. The van der Waals surface area contributed by atoms with E-state index in [0.717, 1.165) is 18.7 Å². The van der Waals surface area contributed by atoms with Gasteiger partial charge in [-0.25, -0.2) is 4.79 Å². The van der Waals surface area contributed by atoms with E-state index < -0.39 is 5.97 Å². The largest absolute Gasteiger partial charge is 0.478 e. The molecular formula is C15H21NO2. The molecule has 0 spiro atoms. The van der Waals surface area contributed by atoms with Gasteiger partial charge in [-0.15, -0.1) is 0 Å². The molecule has 0 heterocycles. The molecule has 0 aliphatic carbocycles. The Bertz CT molecular complexity index is 413. The molecule has 0 saturated carbocycles. The minimum atomic E-state index is -0.916. The number of carboxylic acid groups (broad SMARTS) is 1. The van der Waals surface area contributed by atoms with Gasteiger partial charge in [0, 0.05) is 12.6 Å². The second-order valence-electron chi connectivity index (χ2n) is 4.51. The molecular weight excluding hydrogens is 226 g/mol. The van der Waals surface area contributed by atoms with Crippen molar-refractivity contribution in [2.24, 2.45) is 0 Å². The van der Waals surface area contributed by atoms with E-state index in [1.165, 1.54) is 24.5 Å². The Morgan fingerprint density at radius 1 is 1.44 bits per heavy atom. The lowest BCUT2D eigenvalue weighted by Gasteiger charge is -2.16. The van der Waals surface area contributed by atoms with E-state index in [0.29, 0.717) is 0 Å². The van der Waals surface area contributed by atoms with Gasteiger partial charge >= 0.3 is 5.97 Å². The molecule has 1 aromatic rings. The number of carboxylic acids is 1. The first-order valence-electron chi connectivity index (χ1n) is 6.30. The molecule has 0 unspecified atom stereocenters. The maximum absolute atomic E-state index is 10.5. The van der Waals surface area contributed by atoms with Crippen LogP contribution in [0, 0.1) is 0 Å². The molecule has 0 aliphatic rings. The highest BCUT2D eigenvalue weighted by molar-refractivity contribution is 5.85. The van der Waals surface area contributed by atoms with Gasteiger partial charge in [0.05, 0.1) is 0 Å². The quantitative estimate of drug-likeness (QED) is 0.753. The summed E-state index contributed by atoms with van der Waals surface area (Å²) in [6.45, 7) is 4.17. The van der Waals surface area contributed by atoms with Crippen LogP contribution in [0.1, 0.15) is 30.9 Å². The SMILES string of the molecule is CCCCN(C)Cc1cccc(/C=C/C(=O)O)c1. The third-order valence-corrected chi connectivity index (χ3v) is 2.72. The highest BCUT2D eigenvalue weighted by Crippen LogP contribution is 2.09. The summed E-state index contributed by atoms with van der Waals surface area (Å²) < 4.78 is 0. The highest BCUT2D eigenvalue weighted by atomic mass is 16.4. The lowest BCUT2D eigenvalue weighted by atomic mass is 10.1. The van der Waals surface area contributed by atoms with Crippen LogP contribution in [0.5, 0.6) is 0 Å². The molecule has 0 radical (unpaired) electrons. The van der Waals surface area contributed by atoms with Gasteiger partial charge < -0.3 is 10.0 Å². The van der Waals surface area contributed by atoms with Crippen molar-refractivity contribution < 1.29 is 9.90 Å². The monoisotopic (exact) mass is 247 g/mol. The Labute approximate surface area is 109 Å². The summed E-state index contributed by atoms with van der Waals surface area (Å²) in [5, 5.41) is 8.59. The van der Waals surface area contributed by atoms with Crippen LogP contribution in [0.25, 0.3) is 6.08 Å².